The van der Waals surface area contributed by atoms with Gasteiger partial charge >= 0.3 is 0 Å². The minimum Gasteiger partial charge on any atom is -0.256 e. The summed E-state index contributed by atoms with van der Waals surface area (Å²) in [5.74, 6) is 4.66. The number of pyridine rings is 1. The zero-order chi connectivity index (χ0) is 95.4. The van der Waals surface area contributed by atoms with E-state index in [0.29, 0.717) is 40.8 Å². The van der Waals surface area contributed by atoms with Gasteiger partial charge in [0.05, 0.1) is 22.3 Å². The molecule has 0 bridgehead atoms. The number of nitrogens with zero attached hydrogens (tertiary/aromatic N) is 9. The summed E-state index contributed by atoms with van der Waals surface area (Å²) in [6, 6.07) is 168. The van der Waals surface area contributed by atoms with E-state index in [2.05, 4.69) is 482 Å². The lowest BCUT2D eigenvalue weighted by atomic mass is 9.70. The maximum Gasteiger partial charge on any atom is 0.164 e. The molecule has 0 unspecified atom stereocenters. The first-order valence-electron chi connectivity index (χ1n) is 48.9. The van der Waals surface area contributed by atoms with Crippen LogP contribution in [0.3, 0.4) is 0 Å². The maximum atomic E-state index is 5.34. The highest BCUT2D eigenvalue weighted by molar-refractivity contribution is 5.99. The first-order valence-corrected chi connectivity index (χ1v) is 48.9. The number of hydrogen-bond donors (Lipinski definition) is 0. The molecule has 4 aromatic heterocycles. The van der Waals surface area contributed by atoms with Crippen molar-refractivity contribution in [1.29, 1.82) is 0 Å². The summed E-state index contributed by atoms with van der Waals surface area (Å²) in [6.45, 7) is 9.26. The van der Waals surface area contributed by atoms with E-state index in [1.54, 1.807) is 0 Å². The van der Waals surface area contributed by atoms with E-state index in [4.69, 9.17) is 39.9 Å². The van der Waals surface area contributed by atoms with Gasteiger partial charge in [-0.2, -0.15) is 0 Å². The average molecular weight is 1830 g/mol. The molecule has 0 amide bonds. The molecule has 20 aromatic carbocycles. The van der Waals surface area contributed by atoms with Crippen LogP contribution in [0.2, 0.25) is 0 Å². The maximum absolute atomic E-state index is 5.34. The minimum absolute atomic E-state index is 0.0352. The van der Waals surface area contributed by atoms with Crippen LogP contribution in [0, 0.1) is 0 Å². The van der Waals surface area contributed by atoms with Gasteiger partial charge in [-0.25, -0.2) is 39.9 Å². The lowest BCUT2D eigenvalue weighted by molar-refractivity contribution is 0.660. The summed E-state index contributed by atoms with van der Waals surface area (Å²) < 4.78 is 0. The van der Waals surface area contributed by atoms with Crippen LogP contribution < -0.4 is 0 Å². The molecule has 9 nitrogen and oxygen atoms in total. The molecule has 0 N–H and O–H groups in total. The Bertz CT molecular complexity index is 9040. The van der Waals surface area contributed by atoms with E-state index in [1.807, 2.05) is 30.5 Å². The summed E-state index contributed by atoms with van der Waals surface area (Å²) in [4.78, 5) is 45.3. The lowest BCUT2D eigenvalue weighted by Gasteiger charge is -2.30. The number of fused-ring (bicyclic) bond motifs is 20. The highest BCUT2D eigenvalue weighted by atomic mass is 15.0. The van der Waals surface area contributed by atoms with Crippen molar-refractivity contribution in [3.05, 3.63) is 524 Å². The first kappa shape index (κ1) is 85.1. The van der Waals surface area contributed by atoms with Crippen LogP contribution >= 0.6 is 0 Å². The molecule has 672 valence electrons. The molecule has 0 saturated carbocycles. The summed E-state index contributed by atoms with van der Waals surface area (Å²) in [5, 5.41) is 8.16. The topological polar surface area (TPSA) is 116 Å². The molecule has 24 aromatic rings. The molecule has 4 aliphatic rings. The standard InChI is InChI=1S/C51H32N2.C45H35N3.C38H24N4/c1-2-12-33(13-3-1)35-22-25-36(26-23-35)48-32-49(53-50(52-48)39-27-24-34-14-4-5-15-37(34)30-39)38-28-29-43-42-18-8-11-21-46(42)51(47(43)31-38)44-19-9-6-16-40(44)41-17-7-10-20-45(41)51;1-44(2)37-16-10-8-14-33(37)35-24-22-31(26-39(35)44)28-18-20-30(21-19-28)42-46-41(29-12-6-5-7-13-29)47-43(48-42)32-23-25-36-34-15-9-11-17-38(34)45(3,4)40(36)27-32;1-3-9-30-23-32(20-14-25(30)7-1)37-40-36(41-38(42-37)33-21-15-26-8-2-4-10-31(26)24-33)29-18-16-27(17-19-29)34-13-5-11-28-12-6-22-39-35(28)34/h1-32H;5-27H,1-4H3;1-24H. The number of rotatable bonds is 12. The van der Waals surface area contributed by atoms with E-state index in [9.17, 15) is 0 Å². The van der Waals surface area contributed by atoms with Gasteiger partial charge in [-0.3, -0.25) is 4.98 Å². The quantitative estimate of drug-likeness (QED) is 0.118. The van der Waals surface area contributed by atoms with Gasteiger partial charge in [0.1, 0.15) is 0 Å². The lowest BCUT2D eigenvalue weighted by Crippen LogP contribution is -2.25. The third kappa shape index (κ3) is 14.9. The molecular formula is C134H91N9. The second-order valence-corrected chi connectivity index (χ2v) is 38.6. The Morgan fingerprint density at radius 3 is 0.888 bits per heavy atom. The van der Waals surface area contributed by atoms with Crippen molar-refractivity contribution >= 4 is 43.2 Å². The Kier molecular flexibility index (Phi) is 20.6. The molecule has 0 saturated heterocycles. The van der Waals surface area contributed by atoms with Gasteiger partial charge in [0.15, 0.2) is 40.8 Å². The van der Waals surface area contributed by atoms with E-state index in [0.717, 1.165) is 94.3 Å². The van der Waals surface area contributed by atoms with Gasteiger partial charge in [0.2, 0.25) is 0 Å². The van der Waals surface area contributed by atoms with E-state index in [-0.39, 0.29) is 10.8 Å². The molecular weight excluding hydrogens is 1740 g/mol. The molecule has 0 aliphatic heterocycles. The van der Waals surface area contributed by atoms with Gasteiger partial charge < -0.3 is 0 Å². The van der Waals surface area contributed by atoms with Crippen molar-refractivity contribution in [3.63, 3.8) is 0 Å². The largest absolute Gasteiger partial charge is 0.256 e. The normalized spacial score (nSPS) is 13.1. The fourth-order valence-corrected chi connectivity index (χ4v) is 22.4. The van der Waals surface area contributed by atoms with Crippen molar-refractivity contribution in [1.82, 2.24) is 44.9 Å². The predicted molar refractivity (Wildman–Crippen MR) is 586 cm³/mol. The van der Waals surface area contributed by atoms with Crippen LogP contribution in [0.15, 0.2) is 479 Å². The Morgan fingerprint density at radius 2 is 0.420 bits per heavy atom. The smallest absolute Gasteiger partial charge is 0.164 e. The van der Waals surface area contributed by atoms with Crippen LogP contribution in [0.4, 0.5) is 0 Å². The fourth-order valence-electron chi connectivity index (χ4n) is 22.4. The first-order chi connectivity index (χ1) is 70.3. The summed E-state index contributed by atoms with van der Waals surface area (Å²) >= 11 is 0. The van der Waals surface area contributed by atoms with Crippen LogP contribution in [0.25, 0.3) is 223 Å². The van der Waals surface area contributed by atoms with Gasteiger partial charge in [0.25, 0.3) is 0 Å². The predicted octanol–water partition coefficient (Wildman–Crippen LogP) is 33.2. The van der Waals surface area contributed by atoms with E-state index < -0.39 is 5.41 Å². The van der Waals surface area contributed by atoms with Gasteiger partial charge in [-0.1, -0.05) is 452 Å². The molecule has 143 heavy (non-hydrogen) atoms. The highest BCUT2D eigenvalue weighted by Crippen LogP contribution is 2.64. The number of benzene rings is 20. The Morgan fingerprint density at radius 1 is 0.147 bits per heavy atom. The Hall–Kier alpha value is -18.3. The molecule has 28 rings (SSSR count). The van der Waals surface area contributed by atoms with Crippen molar-refractivity contribution in [2.75, 3.05) is 0 Å². The zero-order valence-corrected chi connectivity index (χ0v) is 79.1. The zero-order valence-electron chi connectivity index (χ0n) is 79.1. The number of hydrogen-bond acceptors (Lipinski definition) is 9. The second-order valence-electron chi connectivity index (χ2n) is 38.6. The fraction of sp³-hybridized carbons (Fsp3) is 0.0522. The van der Waals surface area contributed by atoms with Crippen molar-refractivity contribution in [3.8, 4) is 180 Å². The van der Waals surface area contributed by atoms with E-state index in [1.165, 1.54) is 133 Å². The highest BCUT2D eigenvalue weighted by Gasteiger charge is 2.52. The summed E-state index contributed by atoms with van der Waals surface area (Å²) in [6.07, 6.45) is 1.84. The second kappa shape index (κ2) is 34.7. The molecule has 0 fully saturated rings. The van der Waals surface area contributed by atoms with E-state index >= 15 is 0 Å². The van der Waals surface area contributed by atoms with Crippen LogP contribution in [-0.4, -0.2) is 44.9 Å². The molecule has 0 radical (unpaired) electrons. The van der Waals surface area contributed by atoms with Crippen LogP contribution in [-0.2, 0) is 16.2 Å². The molecule has 4 heterocycles. The third-order valence-electron chi connectivity index (χ3n) is 29.6. The van der Waals surface area contributed by atoms with Gasteiger partial charge in [-0.15, -0.1) is 0 Å². The van der Waals surface area contributed by atoms with Crippen molar-refractivity contribution < 1.29 is 0 Å². The van der Waals surface area contributed by atoms with Crippen LogP contribution in [0.1, 0.15) is 72.2 Å². The van der Waals surface area contributed by atoms with Gasteiger partial charge in [-0.05, 0) is 198 Å². The molecule has 4 aliphatic carbocycles. The van der Waals surface area contributed by atoms with Crippen molar-refractivity contribution in [2.24, 2.45) is 0 Å². The average Bonchev–Trinajstić information content (AvgIpc) is 1.50. The van der Waals surface area contributed by atoms with Crippen LogP contribution in [0.5, 0.6) is 0 Å². The molecule has 1 spiro atoms. The Labute approximate surface area is 830 Å². The number of aromatic nitrogens is 9. The third-order valence-corrected chi connectivity index (χ3v) is 29.6. The SMILES string of the molecule is CC1(C)c2ccccc2-c2ccc(-c3ccc(-c4nc(-c5ccccc5)nc(-c5ccc6c(c5)C(C)(C)c5ccccc5-6)n4)cc3)cc21.c1ccc(-c2ccc(-c3cc(-c4ccc5c(c4)C4(c6ccccc6-c6ccccc64)c4ccccc4-5)nc(-c4ccc5ccccc5c4)n3)cc2)cc1.c1ccc2cc(-c3nc(-c4ccc(-c5cccc6cccnc56)cc4)nc(-c4ccc5ccccc5c4)n3)ccc2c1. The monoisotopic (exact) mass is 1830 g/mol. The summed E-state index contributed by atoms with van der Waals surface area (Å²) in [5.41, 5.74) is 39.3. The molecule has 0 atom stereocenters. The Balaban J connectivity index is 0.000000110. The molecule has 9 heteroatoms. The van der Waals surface area contributed by atoms with Gasteiger partial charge in [0, 0.05) is 78.0 Å². The minimum atomic E-state index is -0.417. The number of para-hydroxylation sites is 1. The van der Waals surface area contributed by atoms with Crippen molar-refractivity contribution in [2.45, 2.75) is 43.9 Å². The summed E-state index contributed by atoms with van der Waals surface area (Å²) in [7, 11) is 0.